The van der Waals surface area contributed by atoms with Crippen LogP contribution in [0.1, 0.15) is 59.8 Å². The number of hydrogen-bond donors (Lipinski definition) is 2. The molecule has 5 aromatic rings. The van der Waals surface area contributed by atoms with Crippen LogP contribution in [0.15, 0.2) is 109 Å². The standard InChI is InChI=1S/C40H41ClN2O4/c1-40(2,3)31-16-12-28(13-17-31)26-47-34-19-14-27(15-20-34)22-33(24-38(44)46-4)43-39(45)36-23-32(41)18-21-37(36)42-25-30-10-7-9-29-8-5-6-11-35(29)30/h5-21,23,33,42H,22,24-26H2,1-4H3,(H,43,45)/t33-/m0/s1. The highest BCUT2D eigenvalue weighted by Crippen LogP contribution is 2.25. The second kappa shape index (κ2) is 15.2. The zero-order valence-electron chi connectivity index (χ0n) is 27.3. The molecule has 0 aromatic heterocycles. The lowest BCUT2D eigenvalue weighted by Gasteiger charge is -2.20. The Morgan fingerprint density at radius 3 is 2.26 bits per heavy atom. The molecule has 0 heterocycles. The highest BCUT2D eigenvalue weighted by molar-refractivity contribution is 6.31. The van der Waals surface area contributed by atoms with Crippen LogP contribution in [0.25, 0.3) is 10.8 Å². The van der Waals surface area contributed by atoms with E-state index in [9.17, 15) is 9.59 Å². The fourth-order valence-electron chi connectivity index (χ4n) is 5.49. The van der Waals surface area contributed by atoms with Crippen LogP contribution in [-0.4, -0.2) is 25.0 Å². The van der Waals surface area contributed by atoms with Gasteiger partial charge in [-0.25, -0.2) is 0 Å². The average Bonchev–Trinajstić information content (AvgIpc) is 3.07. The van der Waals surface area contributed by atoms with Crippen molar-refractivity contribution in [2.45, 2.75) is 58.2 Å². The molecule has 0 saturated heterocycles. The average molecular weight is 649 g/mol. The highest BCUT2D eigenvalue weighted by atomic mass is 35.5. The first kappa shape index (κ1) is 33.6. The number of fused-ring (bicyclic) bond motifs is 1. The number of amides is 1. The number of benzene rings is 5. The number of esters is 1. The van der Waals surface area contributed by atoms with E-state index >= 15 is 0 Å². The van der Waals surface area contributed by atoms with Gasteiger partial charge in [0.2, 0.25) is 0 Å². The first-order chi connectivity index (χ1) is 22.6. The van der Waals surface area contributed by atoms with E-state index in [1.165, 1.54) is 12.7 Å². The summed E-state index contributed by atoms with van der Waals surface area (Å²) in [5, 5.41) is 9.20. The Morgan fingerprint density at radius 2 is 1.53 bits per heavy atom. The Kier molecular flexibility index (Phi) is 10.8. The van der Waals surface area contributed by atoms with Gasteiger partial charge in [0.05, 0.1) is 19.1 Å². The third-order valence-corrected chi connectivity index (χ3v) is 8.42. The van der Waals surface area contributed by atoms with Gasteiger partial charge in [-0.05, 0) is 75.2 Å². The van der Waals surface area contributed by atoms with E-state index in [1.54, 1.807) is 18.2 Å². The number of ether oxygens (including phenoxy) is 2. The van der Waals surface area contributed by atoms with E-state index in [-0.39, 0.29) is 17.7 Å². The van der Waals surface area contributed by atoms with Crippen LogP contribution in [0.2, 0.25) is 5.02 Å². The van der Waals surface area contributed by atoms with E-state index in [1.807, 2.05) is 42.5 Å². The summed E-state index contributed by atoms with van der Waals surface area (Å²) < 4.78 is 11.0. The fourth-order valence-corrected chi connectivity index (χ4v) is 5.66. The van der Waals surface area contributed by atoms with Crippen molar-refractivity contribution >= 4 is 39.9 Å². The minimum atomic E-state index is -0.507. The van der Waals surface area contributed by atoms with Gasteiger partial charge in [0.15, 0.2) is 0 Å². The van der Waals surface area contributed by atoms with Crippen LogP contribution in [0.5, 0.6) is 5.75 Å². The molecule has 0 radical (unpaired) electrons. The lowest BCUT2D eigenvalue weighted by molar-refractivity contribution is -0.141. The van der Waals surface area contributed by atoms with E-state index in [0.717, 1.165) is 33.2 Å². The summed E-state index contributed by atoms with van der Waals surface area (Å²) in [6, 6.07) is 35.2. The molecule has 0 fully saturated rings. The van der Waals surface area contributed by atoms with Gasteiger partial charge in [-0.1, -0.05) is 111 Å². The zero-order chi connectivity index (χ0) is 33.4. The Labute approximate surface area is 282 Å². The minimum Gasteiger partial charge on any atom is -0.489 e. The normalized spacial score (nSPS) is 11.9. The molecule has 0 unspecified atom stereocenters. The number of rotatable bonds is 12. The Bertz CT molecular complexity index is 1820. The molecule has 0 aliphatic carbocycles. The SMILES string of the molecule is COC(=O)C[C@H](Cc1ccc(OCc2ccc(C(C)(C)C)cc2)cc1)NC(=O)c1cc(Cl)ccc1NCc1cccc2ccccc12. The molecule has 1 amide bonds. The second-order valence-corrected chi connectivity index (χ2v) is 13.2. The van der Waals surface area contributed by atoms with Crippen molar-refractivity contribution in [3.05, 3.63) is 142 Å². The number of nitrogens with one attached hydrogen (secondary N) is 2. The van der Waals surface area contributed by atoms with E-state index in [0.29, 0.717) is 35.8 Å². The molecule has 1 atom stereocenters. The number of methoxy groups -OCH3 is 1. The molecule has 0 bridgehead atoms. The zero-order valence-corrected chi connectivity index (χ0v) is 28.1. The molecule has 6 nitrogen and oxygen atoms in total. The Balaban J connectivity index is 1.25. The number of carbonyl (C=O) groups excluding carboxylic acids is 2. The second-order valence-electron chi connectivity index (χ2n) is 12.7. The number of halogens is 1. The van der Waals surface area contributed by atoms with Gasteiger partial charge in [-0.2, -0.15) is 0 Å². The monoisotopic (exact) mass is 648 g/mol. The molecular formula is C40H41ClN2O4. The maximum absolute atomic E-state index is 13.7. The topological polar surface area (TPSA) is 76.7 Å². The van der Waals surface area contributed by atoms with Crippen molar-refractivity contribution in [3.8, 4) is 5.75 Å². The van der Waals surface area contributed by atoms with Gasteiger partial charge in [-0.15, -0.1) is 0 Å². The van der Waals surface area contributed by atoms with E-state index < -0.39 is 12.0 Å². The van der Waals surface area contributed by atoms with Crippen molar-refractivity contribution in [1.82, 2.24) is 5.32 Å². The van der Waals surface area contributed by atoms with Crippen molar-refractivity contribution in [1.29, 1.82) is 0 Å². The maximum atomic E-state index is 13.7. The molecule has 7 heteroatoms. The summed E-state index contributed by atoms with van der Waals surface area (Å²) in [5.41, 5.74) is 5.57. The molecule has 0 aliphatic heterocycles. The molecule has 0 saturated carbocycles. The molecule has 47 heavy (non-hydrogen) atoms. The van der Waals surface area contributed by atoms with Crippen molar-refractivity contribution in [3.63, 3.8) is 0 Å². The molecule has 2 N–H and O–H groups in total. The molecule has 242 valence electrons. The van der Waals surface area contributed by atoms with Crippen LogP contribution in [0.3, 0.4) is 0 Å². The highest BCUT2D eigenvalue weighted by Gasteiger charge is 2.21. The predicted molar refractivity (Wildman–Crippen MR) is 190 cm³/mol. The summed E-state index contributed by atoms with van der Waals surface area (Å²) in [5.74, 6) is -0.00424. The summed E-state index contributed by atoms with van der Waals surface area (Å²) in [4.78, 5) is 26.0. The van der Waals surface area contributed by atoms with Gasteiger partial charge < -0.3 is 20.1 Å². The van der Waals surface area contributed by atoms with E-state index in [2.05, 4.69) is 79.9 Å². The quantitative estimate of drug-likeness (QED) is 0.132. The molecule has 5 rings (SSSR count). The van der Waals surface area contributed by atoms with Crippen LogP contribution in [-0.2, 0) is 34.5 Å². The maximum Gasteiger partial charge on any atom is 0.307 e. The van der Waals surface area contributed by atoms with Crippen LogP contribution in [0.4, 0.5) is 5.69 Å². The molecule has 5 aromatic carbocycles. The third kappa shape index (κ3) is 9.14. The summed E-state index contributed by atoms with van der Waals surface area (Å²) in [7, 11) is 1.34. The van der Waals surface area contributed by atoms with Crippen molar-refractivity contribution in [2.75, 3.05) is 12.4 Å². The van der Waals surface area contributed by atoms with Crippen molar-refractivity contribution in [2.24, 2.45) is 0 Å². The Morgan fingerprint density at radius 1 is 0.830 bits per heavy atom. The van der Waals surface area contributed by atoms with E-state index in [4.69, 9.17) is 21.1 Å². The number of hydrogen-bond acceptors (Lipinski definition) is 5. The molecule has 0 spiro atoms. The first-order valence-corrected chi connectivity index (χ1v) is 16.2. The van der Waals surface area contributed by atoms with Gasteiger partial charge >= 0.3 is 5.97 Å². The van der Waals surface area contributed by atoms with Gasteiger partial charge in [-0.3, -0.25) is 9.59 Å². The van der Waals surface area contributed by atoms with Crippen LogP contribution < -0.4 is 15.4 Å². The summed E-state index contributed by atoms with van der Waals surface area (Å²) in [6.07, 6.45) is 0.444. The van der Waals surface area contributed by atoms with Crippen LogP contribution >= 0.6 is 11.6 Å². The van der Waals surface area contributed by atoms with Gasteiger partial charge in [0.1, 0.15) is 12.4 Å². The minimum absolute atomic E-state index is 0.0182. The van der Waals surface area contributed by atoms with Crippen molar-refractivity contribution < 1.29 is 19.1 Å². The first-order valence-electron chi connectivity index (χ1n) is 15.8. The van der Waals surface area contributed by atoms with Gasteiger partial charge in [0, 0.05) is 23.3 Å². The third-order valence-electron chi connectivity index (χ3n) is 8.18. The van der Waals surface area contributed by atoms with Gasteiger partial charge in [0.25, 0.3) is 5.91 Å². The lowest BCUT2D eigenvalue weighted by atomic mass is 9.87. The Hall–Kier alpha value is -4.81. The smallest absolute Gasteiger partial charge is 0.307 e. The number of carbonyl (C=O) groups is 2. The van der Waals surface area contributed by atoms with Crippen LogP contribution in [0, 0.1) is 0 Å². The predicted octanol–water partition coefficient (Wildman–Crippen LogP) is 8.89. The summed E-state index contributed by atoms with van der Waals surface area (Å²) in [6.45, 7) is 7.57. The number of anilines is 1. The molecule has 0 aliphatic rings. The lowest BCUT2D eigenvalue weighted by Crippen LogP contribution is -2.38. The largest absolute Gasteiger partial charge is 0.489 e. The molecular weight excluding hydrogens is 608 g/mol. The summed E-state index contributed by atoms with van der Waals surface area (Å²) >= 11 is 6.34. The fraction of sp³-hybridized carbons (Fsp3) is 0.250.